The molecule has 1 aromatic carbocycles. The van der Waals surface area contributed by atoms with Crippen LogP contribution in [0, 0.1) is 4.78 Å². The van der Waals surface area contributed by atoms with Gasteiger partial charge in [-0.1, -0.05) is 6.07 Å². The zero-order chi connectivity index (χ0) is 21.3. The predicted octanol–water partition coefficient (Wildman–Crippen LogP) is 1.81. The van der Waals surface area contributed by atoms with E-state index in [9.17, 15) is 17.8 Å². The van der Waals surface area contributed by atoms with Crippen molar-refractivity contribution in [3.8, 4) is 0 Å². The zero-order valence-corrected chi connectivity index (χ0v) is 17.8. The van der Waals surface area contributed by atoms with Crippen molar-refractivity contribution in [2.75, 3.05) is 11.9 Å². The maximum absolute atomic E-state index is 12.7. The third-order valence-electron chi connectivity index (χ3n) is 5.36. The number of aryl methyl sites for hydroxylation is 2. The standard InChI is InChI=1S/C18H23N5O5S2/c19-30(27,16-7-8-23(21-16)9-10-28-29(25)26)22-18(24)20-17-14-5-1-3-12(14)11-13-4-2-6-15(13)17/h7-8,11H,1-6,9-10H2,(H,25,26)(H3,19,20,22,24,27)/p-1. The molecule has 0 saturated heterocycles. The molecule has 2 atom stereocenters. The van der Waals surface area contributed by atoms with Crippen LogP contribution in [0.1, 0.15) is 35.1 Å². The average molecular weight is 453 g/mol. The van der Waals surface area contributed by atoms with Crippen LogP contribution in [0.25, 0.3) is 0 Å². The Kier molecular flexibility index (Phi) is 5.91. The molecule has 1 aromatic heterocycles. The molecule has 1 heterocycles. The van der Waals surface area contributed by atoms with Crippen molar-refractivity contribution < 1.29 is 21.9 Å². The van der Waals surface area contributed by atoms with E-state index in [-0.39, 0.29) is 18.2 Å². The van der Waals surface area contributed by atoms with E-state index in [4.69, 9.17) is 4.78 Å². The van der Waals surface area contributed by atoms with Crippen LogP contribution in [-0.4, -0.2) is 35.4 Å². The van der Waals surface area contributed by atoms with E-state index in [0.29, 0.717) is 0 Å². The zero-order valence-electron chi connectivity index (χ0n) is 16.1. The summed E-state index contributed by atoms with van der Waals surface area (Å²) in [6, 6.07) is 2.89. The summed E-state index contributed by atoms with van der Waals surface area (Å²) < 4.78 is 49.5. The van der Waals surface area contributed by atoms with Crippen LogP contribution in [0.2, 0.25) is 0 Å². The molecule has 2 aliphatic carbocycles. The Morgan fingerprint density at radius 3 is 2.57 bits per heavy atom. The van der Waals surface area contributed by atoms with Crippen molar-refractivity contribution in [1.29, 1.82) is 4.78 Å². The van der Waals surface area contributed by atoms with E-state index in [0.717, 1.165) is 55.3 Å². The quantitative estimate of drug-likeness (QED) is 0.546. The lowest BCUT2D eigenvalue weighted by Gasteiger charge is -2.17. The van der Waals surface area contributed by atoms with E-state index in [1.807, 2.05) is 0 Å². The van der Waals surface area contributed by atoms with Gasteiger partial charge >= 0.3 is 6.03 Å². The summed E-state index contributed by atoms with van der Waals surface area (Å²) >= 11 is -2.63. The maximum Gasteiger partial charge on any atom is 0.332 e. The second kappa shape index (κ2) is 8.46. The number of carbonyl (C=O) groups excluding carboxylic acids is 1. The molecule has 0 bridgehead atoms. The molecule has 12 heteroatoms. The summed E-state index contributed by atoms with van der Waals surface area (Å²) in [6.45, 7) is -0.0491. The molecule has 30 heavy (non-hydrogen) atoms. The molecule has 0 aliphatic heterocycles. The summed E-state index contributed by atoms with van der Waals surface area (Å²) in [5.74, 6) is 0. The summed E-state index contributed by atoms with van der Waals surface area (Å²) in [5, 5.41) is 6.71. The van der Waals surface area contributed by atoms with Gasteiger partial charge in [-0.25, -0.2) is 22.7 Å². The first-order valence-electron chi connectivity index (χ1n) is 9.63. The number of urea groups is 1. The van der Waals surface area contributed by atoms with Gasteiger partial charge in [-0.3, -0.25) is 8.86 Å². The topological polar surface area (TPSA) is 149 Å². The second-order valence-electron chi connectivity index (χ2n) is 7.29. The molecule has 0 radical (unpaired) electrons. The Labute approximate surface area is 177 Å². The van der Waals surface area contributed by atoms with Crippen molar-refractivity contribution in [2.45, 2.75) is 50.1 Å². The van der Waals surface area contributed by atoms with Gasteiger partial charge < -0.3 is 9.87 Å². The fourth-order valence-corrected chi connectivity index (χ4v) is 5.21. The molecule has 2 unspecified atom stereocenters. The van der Waals surface area contributed by atoms with Crippen molar-refractivity contribution in [2.24, 2.45) is 0 Å². The summed E-state index contributed by atoms with van der Waals surface area (Å²) in [6.07, 6.45) is 7.32. The molecule has 3 N–H and O–H groups in total. The third-order valence-corrected chi connectivity index (χ3v) is 7.00. The van der Waals surface area contributed by atoms with Gasteiger partial charge in [0.2, 0.25) is 0 Å². The maximum atomic E-state index is 12.7. The van der Waals surface area contributed by atoms with Crippen LogP contribution < -0.4 is 10.0 Å². The first-order valence-corrected chi connectivity index (χ1v) is 12.2. The van der Waals surface area contributed by atoms with E-state index in [2.05, 4.69) is 25.4 Å². The highest BCUT2D eigenvalue weighted by atomic mass is 32.2. The van der Waals surface area contributed by atoms with Crippen LogP contribution in [-0.2, 0) is 57.7 Å². The molecule has 10 nitrogen and oxygen atoms in total. The number of nitrogens with zero attached hydrogens (tertiary/aromatic N) is 2. The van der Waals surface area contributed by atoms with Gasteiger partial charge in [0.25, 0.3) is 0 Å². The number of amides is 2. The van der Waals surface area contributed by atoms with Crippen LogP contribution in [0.5, 0.6) is 0 Å². The lowest BCUT2D eigenvalue weighted by Crippen LogP contribution is -2.34. The second-order valence-corrected chi connectivity index (χ2v) is 9.67. The van der Waals surface area contributed by atoms with Crippen molar-refractivity contribution in [1.82, 2.24) is 14.5 Å². The Balaban J connectivity index is 1.46. The summed E-state index contributed by atoms with van der Waals surface area (Å²) in [5.41, 5.74) is 5.61. The number of carbonyl (C=O) groups is 1. The molecular formula is C18H22N5O5S2-. The Morgan fingerprint density at radius 2 is 1.93 bits per heavy atom. The van der Waals surface area contributed by atoms with Crippen molar-refractivity contribution in [3.63, 3.8) is 0 Å². The Bertz CT molecular complexity index is 1080. The largest absolute Gasteiger partial charge is 0.750 e. The van der Waals surface area contributed by atoms with Crippen LogP contribution in [0.3, 0.4) is 0 Å². The van der Waals surface area contributed by atoms with E-state index in [1.54, 1.807) is 0 Å². The molecule has 4 rings (SSSR count). The number of hydrogen-bond acceptors (Lipinski definition) is 7. The minimum atomic E-state index is -3.68. The van der Waals surface area contributed by atoms with Gasteiger partial charge in [-0.15, -0.1) is 0 Å². The molecule has 2 aliphatic rings. The van der Waals surface area contributed by atoms with E-state index in [1.165, 1.54) is 28.1 Å². The number of rotatable bonds is 7. The highest BCUT2D eigenvalue weighted by Gasteiger charge is 2.26. The molecule has 0 saturated carbocycles. The van der Waals surface area contributed by atoms with Crippen molar-refractivity contribution >= 4 is 33.0 Å². The number of aromatic nitrogens is 2. The van der Waals surface area contributed by atoms with Crippen LogP contribution >= 0.6 is 0 Å². The number of benzene rings is 1. The SMILES string of the molecule is N=S(=O)(NC(=O)Nc1c2c(cc3c1CCC3)CCC2)c1ccn(CCOS(=O)[O-])n1. The van der Waals surface area contributed by atoms with Gasteiger partial charge in [-0.05, 0) is 66.8 Å². The molecule has 2 aromatic rings. The fraction of sp³-hybridized carbons (Fsp3) is 0.444. The monoisotopic (exact) mass is 452 g/mol. The smallest absolute Gasteiger partial charge is 0.332 e. The Hall–Kier alpha value is -2.28. The Morgan fingerprint density at radius 1 is 1.27 bits per heavy atom. The van der Waals surface area contributed by atoms with Gasteiger partial charge in [0.05, 0.1) is 24.5 Å². The van der Waals surface area contributed by atoms with E-state index < -0.39 is 27.3 Å². The normalized spacial score (nSPS) is 17.8. The highest BCUT2D eigenvalue weighted by molar-refractivity contribution is 7.91. The third kappa shape index (κ3) is 4.41. The molecule has 0 spiro atoms. The predicted molar refractivity (Wildman–Crippen MR) is 109 cm³/mol. The van der Waals surface area contributed by atoms with Crippen LogP contribution in [0.15, 0.2) is 23.4 Å². The minimum Gasteiger partial charge on any atom is -0.750 e. The summed E-state index contributed by atoms with van der Waals surface area (Å²) in [4.78, 5) is 12.6. The fourth-order valence-electron chi connectivity index (χ4n) is 4.11. The molecule has 0 fully saturated rings. The van der Waals surface area contributed by atoms with Gasteiger partial charge in [-0.2, -0.15) is 5.10 Å². The average Bonchev–Trinajstić information content (AvgIpc) is 3.41. The van der Waals surface area contributed by atoms with Crippen molar-refractivity contribution in [3.05, 3.63) is 40.6 Å². The first-order chi connectivity index (χ1) is 14.3. The minimum absolute atomic E-state index is 0.0952. The van der Waals surface area contributed by atoms with Crippen LogP contribution in [0.4, 0.5) is 10.5 Å². The van der Waals surface area contributed by atoms with E-state index >= 15 is 0 Å². The van der Waals surface area contributed by atoms with Gasteiger partial charge in [0, 0.05) is 11.9 Å². The highest BCUT2D eigenvalue weighted by Crippen LogP contribution is 2.38. The number of hydrogen-bond donors (Lipinski definition) is 3. The number of nitrogens with one attached hydrogen (secondary N) is 3. The first kappa shape index (κ1) is 21.0. The number of anilines is 1. The molecule has 2 amide bonds. The number of fused-ring (bicyclic) bond motifs is 2. The lowest BCUT2D eigenvalue weighted by atomic mass is 9.99. The van der Waals surface area contributed by atoms with Gasteiger partial charge in [0.1, 0.15) is 0 Å². The molecule has 162 valence electrons. The molecular weight excluding hydrogens is 430 g/mol. The summed E-state index contributed by atoms with van der Waals surface area (Å²) in [7, 11) is -3.68. The van der Waals surface area contributed by atoms with Gasteiger partial charge in [0.15, 0.2) is 14.9 Å². The lowest BCUT2D eigenvalue weighted by molar-refractivity contribution is 0.256.